The van der Waals surface area contributed by atoms with E-state index in [2.05, 4.69) is 38.0 Å². The molecule has 0 N–H and O–H groups in total. The van der Waals surface area contributed by atoms with Gasteiger partial charge < -0.3 is 4.74 Å². The molecule has 0 radical (unpaired) electrons. The second kappa shape index (κ2) is 8.90. The van der Waals surface area contributed by atoms with Crippen molar-refractivity contribution in [2.24, 2.45) is 29.6 Å². The lowest BCUT2D eigenvalue weighted by atomic mass is 9.68. The summed E-state index contributed by atoms with van der Waals surface area (Å²) < 4.78 is 5.50. The van der Waals surface area contributed by atoms with E-state index in [1.807, 2.05) is 6.20 Å². The van der Waals surface area contributed by atoms with Crippen molar-refractivity contribution in [3.8, 4) is 0 Å². The van der Waals surface area contributed by atoms with Gasteiger partial charge in [0, 0.05) is 30.9 Å². The molecule has 2 fully saturated rings. The molecule has 2 heterocycles. The molecule has 1 aromatic rings. The molecule has 1 aliphatic heterocycles. The van der Waals surface area contributed by atoms with Crippen molar-refractivity contribution in [3.63, 3.8) is 0 Å². The zero-order valence-electron chi connectivity index (χ0n) is 16.2. The molecular weight excluding hydrogens is 326 g/mol. The lowest BCUT2D eigenvalue weighted by molar-refractivity contribution is 0.0495. The summed E-state index contributed by atoms with van der Waals surface area (Å²) in [5.74, 6) is 4.14. The Labute approximate surface area is 159 Å². The molecule has 1 saturated carbocycles. The second-order valence-electron chi connectivity index (χ2n) is 8.85. The van der Waals surface area contributed by atoms with E-state index >= 15 is 0 Å². The van der Waals surface area contributed by atoms with Gasteiger partial charge in [-0.3, -0.25) is 4.98 Å². The minimum absolute atomic E-state index is 0.337. The van der Waals surface area contributed by atoms with Crippen LogP contribution in [0.4, 0.5) is 0 Å². The number of nitrogens with zero attached hydrogens (tertiary/aromatic N) is 1. The van der Waals surface area contributed by atoms with Crippen LogP contribution in [0.3, 0.4) is 0 Å². The maximum absolute atomic E-state index is 5.50. The summed E-state index contributed by atoms with van der Waals surface area (Å²) in [5.41, 5.74) is 2.69. The molecule has 2 aliphatic rings. The smallest absolute Gasteiger partial charge is 0.0468 e. The first-order chi connectivity index (χ1) is 12.0. The molecule has 3 rings (SSSR count). The molecule has 25 heavy (non-hydrogen) atoms. The van der Waals surface area contributed by atoms with Gasteiger partial charge in [-0.15, -0.1) is 0 Å². The molecule has 0 spiro atoms. The topological polar surface area (TPSA) is 22.1 Å². The van der Waals surface area contributed by atoms with Crippen LogP contribution in [0.15, 0.2) is 18.5 Å². The Morgan fingerprint density at radius 1 is 1.12 bits per heavy atom. The van der Waals surface area contributed by atoms with E-state index in [1.165, 1.54) is 43.2 Å². The standard InChI is InChI=1S/C22H35NOS/c1-15(2)20-9-17(10-20)12-22(25)21-11-18(13-23-14-21)8-16(3)19-4-6-24-7-5-19/h11,13-17,19-20,22,25H,4-10,12H2,1-3H3. The number of thiol groups is 1. The van der Waals surface area contributed by atoms with Gasteiger partial charge in [0.25, 0.3) is 0 Å². The molecule has 0 aromatic carbocycles. The van der Waals surface area contributed by atoms with Crippen molar-refractivity contribution in [1.82, 2.24) is 4.98 Å². The maximum atomic E-state index is 5.50. The van der Waals surface area contributed by atoms with E-state index < -0.39 is 0 Å². The first-order valence-corrected chi connectivity index (χ1v) is 10.7. The number of pyridine rings is 1. The minimum atomic E-state index is 0.337. The van der Waals surface area contributed by atoms with Gasteiger partial charge >= 0.3 is 0 Å². The van der Waals surface area contributed by atoms with Crippen LogP contribution in [-0.4, -0.2) is 18.2 Å². The Kier molecular flexibility index (Phi) is 6.85. The highest BCUT2D eigenvalue weighted by Gasteiger charge is 2.32. The quantitative estimate of drug-likeness (QED) is 0.626. The third kappa shape index (κ3) is 5.23. The fraction of sp³-hybridized carbons (Fsp3) is 0.773. The molecule has 0 bridgehead atoms. The Bertz CT molecular complexity index is 535. The second-order valence-corrected chi connectivity index (χ2v) is 9.47. The van der Waals surface area contributed by atoms with Crippen molar-refractivity contribution in [1.29, 1.82) is 0 Å². The SMILES string of the molecule is CC(C)C1CC(CC(S)c2cncc(CC(C)C3CCOCC3)c2)C1. The summed E-state index contributed by atoms with van der Waals surface area (Å²) >= 11 is 4.91. The third-order valence-corrected chi connectivity index (χ3v) is 7.11. The van der Waals surface area contributed by atoms with Crippen molar-refractivity contribution < 1.29 is 4.74 Å². The Morgan fingerprint density at radius 2 is 1.84 bits per heavy atom. The van der Waals surface area contributed by atoms with Crippen LogP contribution in [0.1, 0.15) is 69.3 Å². The van der Waals surface area contributed by atoms with Crippen LogP contribution in [0.2, 0.25) is 0 Å². The summed E-state index contributed by atoms with van der Waals surface area (Å²) in [4.78, 5) is 4.52. The van der Waals surface area contributed by atoms with Gasteiger partial charge in [0.1, 0.15) is 0 Å². The van der Waals surface area contributed by atoms with E-state index in [0.717, 1.165) is 43.3 Å². The fourth-order valence-electron chi connectivity index (χ4n) is 4.60. The van der Waals surface area contributed by atoms with Crippen LogP contribution in [0.25, 0.3) is 0 Å². The number of aromatic nitrogens is 1. The number of hydrogen-bond donors (Lipinski definition) is 1. The van der Waals surface area contributed by atoms with Gasteiger partial charge in [-0.25, -0.2) is 0 Å². The van der Waals surface area contributed by atoms with Crippen LogP contribution in [0.5, 0.6) is 0 Å². The summed E-state index contributed by atoms with van der Waals surface area (Å²) in [5, 5.41) is 0.337. The third-order valence-electron chi connectivity index (χ3n) is 6.60. The number of hydrogen-bond acceptors (Lipinski definition) is 3. The monoisotopic (exact) mass is 361 g/mol. The molecular formula is C22H35NOS. The number of rotatable bonds is 7. The van der Waals surface area contributed by atoms with Crippen molar-refractivity contribution in [2.75, 3.05) is 13.2 Å². The molecule has 3 heteroatoms. The Hall–Kier alpha value is -0.540. The van der Waals surface area contributed by atoms with Crippen molar-refractivity contribution in [2.45, 2.75) is 64.5 Å². The molecule has 2 atom stereocenters. The molecule has 1 aliphatic carbocycles. The first kappa shape index (κ1) is 19.2. The molecule has 1 saturated heterocycles. The van der Waals surface area contributed by atoms with Crippen LogP contribution < -0.4 is 0 Å². The van der Waals surface area contributed by atoms with Crippen molar-refractivity contribution in [3.05, 3.63) is 29.6 Å². The lowest BCUT2D eigenvalue weighted by Gasteiger charge is -2.39. The molecule has 0 amide bonds. The normalized spacial score (nSPS) is 27.1. The zero-order valence-corrected chi connectivity index (χ0v) is 17.1. The molecule has 2 nitrogen and oxygen atoms in total. The van der Waals surface area contributed by atoms with Crippen LogP contribution in [-0.2, 0) is 11.2 Å². The summed E-state index contributed by atoms with van der Waals surface area (Å²) in [6, 6.07) is 2.36. The average molecular weight is 362 g/mol. The largest absolute Gasteiger partial charge is 0.381 e. The highest BCUT2D eigenvalue weighted by molar-refractivity contribution is 7.80. The van der Waals surface area contributed by atoms with Gasteiger partial charge in [-0.05, 0) is 79.2 Å². The first-order valence-electron chi connectivity index (χ1n) is 10.2. The van der Waals surface area contributed by atoms with E-state index in [1.54, 1.807) is 0 Å². The lowest BCUT2D eigenvalue weighted by Crippen LogP contribution is -2.28. The Morgan fingerprint density at radius 3 is 2.52 bits per heavy atom. The van der Waals surface area contributed by atoms with E-state index in [0.29, 0.717) is 11.2 Å². The highest BCUT2D eigenvalue weighted by Crippen LogP contribution is 2.44. The van der Waals surface area contributed by atoms with E-state index in [4.69, 9.17) is 17.4 Å². The summed E-state index contributed by atoms with van der Waals surface area (Å²) in [6.07, 6.45) is 11.6. The van der Waals surface area contributed by atoms with Crippen LogP contribution >= 0.6 is 12.6 Å². The molecule has 1 aromatic heterocycles. The Balaban J connectivity index is 1.52. The maximum Gasteiger partial charge on any atom is 0.0468 e. The predicted molar refractivity (Wildman–Crippen MR) is 108 cm³/mol. The summed E-state index contributed by atoms with van der Waals surface area (Å²) in [7, 11) is 0. The zero-order chi connectivity index (χ0) is 17.8. The minimum Gasteiger partial charge on any atom is -0.381 e. The van der Waals surface area contributed by atoms with Gasteiger partial charge in [-0.1, -0.05) is 26.8 Å². The van der Waals surface area contributed by atoms with Gasteiger partial charge in [0.05, 0.1) is 0 Å². The summed E-state index contributed by atoms with van der Waals surface area (Å²) in [6.45, 7) is 8.97. The molecule has 2 unspecified atom stereocenters. The van der Waals surface area contributed by atoms with Gasteiger partial charge in [0.15, 0.2) is 0 Å². The average Bonchev–Trinajstić information content (AvgIpc) is 2.58. The van der Waals surface area contributed by atoms with Gasteiger partial charge in [-0.2, -0.15) is 12.6 Å². The van der Waals surface area contributed by atoms with Gasteiger partial charge in [0.2, 0.25) is 0 Å². The van der Waals surface area contributed by atoms with E-state index in [-0.39, 0.29) is 0 Å². The van der Waals surface area contributed by atoms with Crippen LogP contribution in [0, 0.1) is 29.6 Å². The fourth-order valence-corrected chi connectivity index (χ4v) is 5.04. The molecule has 140 valence electrons. The highest BCUT2D eigenvalue weighted by atomic mass is 32.1. The van der Waals surface area contributed by atoms with E-state index in [9.17, 15) is 0 Å². The van der Waals surface area contributed by atoms with Crippen molar-refractivity contribution >= 4 is 12.6 Å². The predicted octanol–water partition coefficient (Wildman–Crippen LogP) is 5.73. The number of ether oxygens (including phenoxy) is 1.